The second-order valence-corrected chi connectivity index (χ2v) is 5.84. The summed E-state index contributed by atoms with van der Waals surface area (Å²) >= 11 is 0. The average molecular weight is 237 g/mol. The number of fused-ring (bicyclic) bond motifs is 1. The van der Waals surface area contributed by atoms with Crippen molar-refractivity contribution >= 4 is 5.91 Å². The van der Waals surface area contributed by atoms with Crippen LogP contribution in [-0.2, 0) is 4.79 Å². The average Bonchev–Trinajstić information content (AvgIpc) is 2.25. The normalized spacial score (nSPS) is 35.2. The predicted octanol–water partition coefficient (Wildman–Crippen LogP) is 0.291. The van der Waals surface area contributed by atoms with Gasteiger partial charge in [0.05, 0.1) is 5.92 Å². The zero-order valence-electron chi connectivity index (χ0n) is 10.7. The van der Waals surface area contributed by atoms with E-state index in [1.165, 1.54) is 25.8 Å². The SMILES string of the molecule is CC1CN2CCCCC2CN1C(=O)C1CNC1. The van der Waals surface area contributed by atoms with Gasteiger partial charge in [0.1, 0.15) is 0 Å². The molecule has 0 aliphatic carbocycles. The van der Waals surface area contributed by atoms with E-state index >= 15 is 0 Å². The van der Waals surface area contributed by atoms with Crippen LogP contribution in [0.1, 0.15) is 26.2 Å². The Labute approximate surface area is 103 Å². The molecule has 3 heterocycles. The van der Waals surface area contributed by atoms with Gasteiger partial charge in [0, 0.05) is 38.3 Å². The van der Waals surface area contributed by atoms with Gasteiger partial charge < -0.3 is 10.2 Å². The molecular formula is C13H23N3O. The molecule has 17 heavy (non-hydrogen) atoms. The number of hydrogen-bond donors (Lipinski definition) is 1. The van der Waals surface area contributed by atoms with Crippen molar-refractivity contribution in [2.45, 2.75) is 38.3 Å². The third-order valence-corrected chi connectivity index (χ3v) is 4.60. The molecule has 3 saturated heterocycles. The molecule has 4 heteroatoms. The smallest absolute Gasteiger partial charge is 0.228 e. The Kier molecular flexibility index (Phi) is 3.09. The van der Waals surface area contributed by atoms with Crippen molar-refractivity contribution in [3.05, 3.63) is 0 Å². The molecule has 3 rings (SSSR count). The number of piperazine rings is 1. The summed E-state index contributed by atoms with van der Waals surface area (Å²) in [4.78, 5) is 17.1. The Balaban J connectivity index is 1.66. The number of nitrogens with one attached hydrogen (secondary N) is 1. The zero-order valence-corrected chi connectivity index (χ0v) is 10.7. The first kappa shape index (κ1) is 11.5. The highest BCUT2D eigenvalue weighted by molar-refractivity contribution is 5.80. The van der Waals surface area contributed by atoms with Crippen LogP contribution >= 0.6 is 0 Å². The van der Waals surface area contributed by atoms with E-state index in [-0.39, 0.29) is 5.92 Å². The van der Waals surface area contributed by atoms with Crippen LogP contribution in [0.3, 0.4) is 0 Å². The number of carbonyl (C=O) groups is 1. The van der Waals surface area contributed by atoms with E-state index in [4.69, 9.17) is 0 Å². The Morgan fingerprint density at radius 1 is 1.24 bits per heavy atom. The first-order chi connectivity index (χ1) is 8.25. The Morgan fingerprint density at radius 3 is 2.76 bits per heavy atom. The lowest BCUT2D eigenvalue weighted by molar-refractivity contribution is -0.144. The molecule has 4 nitrogen and oxygen atoms in total. The van der Waals surface area contributed by atoms with Gasteiger partial charge in [0.2, 0.25) is 5.91 Å². The molecule has 2 unspecified atom stereocenters. The van der Waals surface area contributed by atoms with Crippen molar-refractivity contribution in [1.82, 2.24) is 15.1 Å². The lowest BCUT2D eigenvalue weighted by Gasteiger charge is -2.48. The van der Waals surface area contributed by atoms with Crippen molar-refractivity contribution < 1.29 is 4.79 Å². The number of hydrogen-bond acceptors (Lipinski definition) is 3. The molecule has 0 aromatic heterocycles. The fourth-order valence-corrected chi connectivity index (χ4v) is 3.36. The van der Waals surface area contributed by atoms with Gasteiger partial charge in [0.15, 0.2) is 0 Å². The number of nitrogens with zero attached hydrogens (tertiary/aromatic N) is 2. The largest absolute Gasteiger partial charge is 0.337 e. The van der Waals surface area contributed by atoms with E-state index < -0.39 is 0 Å². The molecule has 0 aromatic carbocycles. The lowest BCUT2D eigenvalue weighted by atomic mass is 9.94. The molecule has 3 aliphatic rings. The number of carbonyl (C=O) groups excluding carboxylic acids is 1. The Hall–Kier alpha value is -0.610. The van der Waals surface area contributed by atoms with Crippen molar-refractivity contribution in [3.63, 3.8) is 0 Å². The third-order valence-electron chi connectivity index (χ3n) is 4.60. The summed E-state index contributed by atoms with van der Waals surface area (Å²) < 4.78 is 0. The Bertz CT molecular complexity index is 303. The summed E-state index contributed by atoms with van der Waals surface area (Å²) in [7, 11) is 0. The van der Waals surface area contributed by atoms with Gasteiger partial charge in [-0.2, -0.15) is 0 Å². The quantitative estimate of drug-likeness (QED) is 0.712. The minimum atomic E-state index is 0.257. The first-order valence-corrected chi connectivity index (χ1v) is 7.01. The van der Waals surface area contributed by atoms with Crippen molar-refractivity contribution in [3.8, 4) is 0 Å². The summed E-state index contributed by atoms with van der Waals surface area (Å²) in [5.74, 6) is 0.647. The zero-order chi connectivity index (χ0) is 11.8. The molecule has 0 spiro atoms. The van der Waals surface area contributed by atoms with Gasteiger partial charge in [-0.05, 0) is 26.3 Å². The maximum absolute atomic E-state index is 12.3. The van der Waals surface area contributed by atoms with Gasteiger partial charge in [0.25, 0.3) is 0 Å². The van der Waals surface area contributed by atoms with Gasteiger partial charge in [-0.1, -0.05) is 6.42 Å². The van der Waals surface area contributed by atoms with Crippen LogP contribution in [-0.4, -0.2) is 60.5 Å². The molecule has 0 saturated carbocycles. The van der Waals surface area contributed by atoms with Crippen molar-refractivity contribution in [2.24, 2.45) is 5.92 Å². The maximum Gasteiger partial charge on any atom is 0.228 e. The van der Waals surface area contributed by atoms with Crippen LogP contribution in [0, 0.1) is 5.92 Å². The third kappa shape index (κ3) is 2.08. The van der Waals surface area contributed by atoms with Gasteiger partial charge in [-0.25, -0.2) is 0 Å². The molecule has 3 fully saturated rings. The van der Waals surface area contributed by atoms with E-state index in [1.54, 1.807) is 0 Å². The highest BCUT2D eigenvalue weighted by atomic mass is 16.2. The fourth-order valence-electron chi connectivity index (χ4n) is 3.36. The monoisotopic (exact) mass is 237 g/mol. The van der Waals surface area contributed by atoms with Crippen LogP contribution in [0.15, 0.2) is 0 Å². The van der Waals surface area contributed by atoms with E-state index in [1.807, 2.05) is 0 Å². The first-order valence-electron chi connectivity index (χ1n) is 7.01. The number of rotatable bonds is 1. The van der Waals surface area contributed by atoms with E-state index in [2.05, 4.69) is 22.0 Å². The van der Waals surface area contributed by atoms with E-state index in [0.717, 1.165) is 26.2 Å². The van der Waals surface area contributed by atoms with Gasteiger partial charge >= 0.3 is 0 Å². The Morgan fingerprint density at radius 2 is 2.06 bits per heavy atom. The van der Waals surface area contributed by atoms with Gasteiger partial charge in [-0.15, -0.1) is 0 Å². The molecule has 3 aliphatic heterocycles. The highest BCUT2D eigenvalue weighted by Gasteiger charge is 2.38. The van der Waals surface area contributed by atoms with Gasteiger partial charge in [-0.3, -0.25) is 9.69 Å². The summed E-state index contributed by atoms with van der Waals surface area (Å²) in [5.41, 5.74) is 0. The molecule has 1 amide bonds. The van der Waals surface area contributed by atoms with Crippen LogP contribution in [0.25, 0.3) is 0 Å². The molecule has 0 radical (unpaired) electrons. The summed E-state index contributed by atoms with van der Waals surface area (Å²) in [6.07, 6.45) is 3.95. The van der Waals surface area contributed by atoms with Crippen LogP contribution in [0.4, 0.5) is 0 Å². The van der Waals surface area contributed by atoms with Crippen LogP contribution in [0.5, 0.6) is 0 Å². The minimum absolute atomic E-state index is 0.257. The maximum atomic E-state index is 12.3. The second kappa shape index (κ2) is 4.58. The second-order valence-electron chi connectivity index (χ2n) is 5.84. The standard InChI is InChI=1S/C13H23N3O/c1-10-8-15-5-3-2-4-12(15)9-16(10)13(17)11-6-14-7-11/h10-12,14H,2-9H2,1H3. The van der Waals surface area contributed by atoms with E-state index in [9.17, 15) is 4.79 Å². The van der Waals surface area contributed by atoms with Crippen LogP contribution < -0.4 is 5.32 Å². The summed E-state index contributed by atoms with van der Waals surface area (Å²) in [5, 5.41) is 3.19. The molecule has 1 N–H and O–H groups in total. The minimum Gasteiger partial charge on any atom is -0.337 e. The highest BCUT2D eigenvalue weighted by Crippen LogP contribution is 2.25. The molecular weight excluding hydrogens is 214 g/mol. The van der Waals surface area contributed by atoms with Crippen molar-refractivity contribution in [1.29, 1.82) is 0 Å². The van der Waals surface area contributed by atoms with Crippen molar-refractivity contribution in [2.75, 3.05) is 32.7 Å². The molecule has 2 atom stereocenters. The lowest BCUT2D eigenvalue weighted by Crippen LogP contribution is -2.63. The molecule has 0 bridgehead atoms. The molecule has 0 aromatic rings. The van der Waals surface area contributed by atoms with E-state index in [0.29, 0.717) is 18.0 Å². The fraction of sp³-hybridized carbons (Fsp3) is 0.923. The predicted molar refractivity (Wildman–Crippen MR) is 66.7 cm³/mol. The summed E-state index contributed by atoms with van der Waals surface area (Å²) in [6, 6.07) is 1.04. The summed E-state index contributed by atoms with van der Waals surface area (Å²) in [6.45, 7) is 7.26. The molecule has 96 valence electrons. The topological polar surface area (TPSA) is 35.6 Å². The number of amides is 1. The van der Waals surface area contributed by atoms with Crippen LogP contribution in [0.2, 0.25) is 0 Å². The number of piperidine rings is 1.